The number of alkyl halides is 1. The van der Waals surface area contributed by atoms with Gasteiger partial charge in [-0.25, -0.2) is 4.79 Å². The van der Waals surface area contributed by atoms with Crippen LogP contribution in [0.4, 0.5) is 4.79 Å². The molecule has 2 heterocycles. The number of halogens is 1. The number of nitrogens with zero attached hydrogens (tertiary/aromatic N) is 1. The molecule has 0 aliphatic carbocycles. The van der Waals surface area contributed by atoms with E-state index in [2.05, 4.69) is 0 Å². The highest BCUT2D eigenvalue weighted by atomic mass is 35.5. The van der Waals surface area contributed by atoms with Crippen LogP contribution < -0.4 is 0 Å². The van der Waals surface area contributed by atoms with E-state index in [1.165, 1.54) is 4.90 Å². The molecule has 13 heavy (non-hydrogen) atoms. The van der Waals surface area contributed by atoms with Gasteiger partial charge in [0.15, 0.2) is 0 Å². The fourth-order valence-electron chi connectivity index (χ4n) is 1.85. The van der Waals surface area contributed by atoms with Gasteiger partial charge < -0.3 is 14.9 Å². The van der Waals surface area contributed by atoms with Crippen LogP contribution in [-0.4, -0.2) is 58.0 Å². The molecule has 0 aromatic carbocycles. The van der Waals surface area contributed by atoms with E-state index in [0.29, 0.717) is 0 Å². The maximum Gasteiger partial charge on any atom is 0.410 e. The number of amides is 1. The number of carbonyl (C=O) groups is 1. The summed E-state index contributed by atoms with van der Waals surface area (Å²) in [6.45, 7) is 0.123. The molecular weight excluding hydrogens is 198 g/mol. The molecule has 2 fully saturated rings. The molecule has 4 atom stereocenters. The number of hydrogen-bond acceptors (Lipinski definition) is 4. The lowest BCUT2D eigenvalue weighted by Crippen LogP contribution is -2.40. The minimum Gasteiger partial charge on any atom is -0.442 e. The predicted molar refractivity (Wildman–Crippen MR) is 43.5 cm³/mol. The number of rotatable bonds is 1. The Bertz CT molecular complexity index is 237. The molecule has 6 heteroatoms. The Hall–Kier alpha value is -0.520. The summed E-state index contributed by atoms with van der Waals surface area (Å²) in [5.41, 5.74) is 0. The molecule has 2 aliphatic heterocycles. The van der Waals surface area contributed by atoms with Crippen molar-refractivity contribution in [2.45, 2.75) is 24.4 Å². The molecule has 0 aromatic rings. The van der Waals surface area contributed by atoms with Gasteiger partial charge in [0.2, 0.25) is 0 Å². The Balaban J connectivity index is 2.21. The Labute approximate surface area is 79.8 Å². The first kappa shape index (κ1) is 9.05. The maximum absolute atomic E-state index is 11.1. The number of fused-ring (bicyclic) bond motifs is 1. The van der Waals surface area contributed by atoms with Crippen molar-refractivity contribution in [1.82, 2.24) is 4.90 Å². The van der Waals surface area contributed by atoms with E-state index in [0.717, 1.165) is 0 Å². The molecule has 1 amide bonds. The van der Waals surface area contributed by atoms with Crippen molar-refractivity contribution >= 4 is 17.7 Å². The fraction of sp³-hybridized carbons (Fsp3) is 0.857. The molecule has 74 valence electrons. The van der Waals surface area contributed by atoms with Crippen molar-refractivity contribution in [3.63, 3.8) is 0 Å². The van der Waals surface area contributed by atoms with E-state index in [-0.39, 0.29) is 12.4 Å². The van der Waals surface area contributed by atoms with Gasteiger partial charge in [-0.15, -0.1) is 11.6 Å². The summed E-state index contributed by atoms with van der Waals surface area (Å²) in [5.74, 6) is 0.136. The normalized spacial score (nSPS) is 43.6. The molecule has 0 saturated carbocycles. The highest BCUT2D eigenvalue weighted by Crippen LogP contribution is 2.30. The Kier molecular flexibility index (Phi) is 2.09. The van der Waals surface area contributed by atoms with Crippen LogP contribution in [0.1, 0.15) is 0 Å². The quantitative estimate of drug-likeness (QED) is 0.550. The Morgan fingerprint density at radius 1 is 1.62 bits per heavy atom. The molecule has 0 spiro atoms. The number of aliphatic hydroxyl groups is 2. The van der Waals surface area contributed by atoms with E-state index in [4.69, 9.17) is 16.3 Å². The summed E-state index contributed by atoms with van der Waals surface area (Å²) in [6, 6.07) is -0.486. The van der Waals surface area contributed by atoms with Crippen LogP contribution in [0.3, 0.4) is 0 Å². The molecule has 0 bridgehead atoms. The van der Waals surface area contributed by atoms with Crippen LogP contribution in [0.2, 0.25) is 0 Å². The number of aliphatic hydroxyl groups excluding tert-OH is 2. The smallest absolute Gasteiger partial charge is 0.410 e. The van der Waals surface area contributed by atoms with Crippen LogP contribution >= 0.6 is 11.6 Å². The van der Waals surface area contributed by atoms with Gasteiger partial charge in [0.05, 0.1) is 18.5 Å². The molecule has 0 radical (unpaired) electrons. The average Bonchev–Trinajstić information content (AvgIpc) is 2.55. The summed E-state index contributed by atoms with van der Waals surface area (Å²) in [6.07, 6.45) is -2.86. The molecule has 0 aromatic heterocycles. The van der Waals surface area contributed by atoms with Gasteiger partial charge in [-0.05, 0) is 0 Å². The van der Waals surface area contributed by atoms with Crippen molar-refractivity contribution in [1.29, 1.82) is 0 Å². The highest BCUT2D eigenvalue weighted by molar-refractivity contribution is 6.18. The SMILES string of the molecule is O=C1OC(CCl)C2C(O)C(O)CN12. The van der Waals surface area contributed by atoms with Crippen molar-refractivity contribution < 1.29 is 19.7 Å². The topological polar surface area (TPSA) is 70.0 Å². The second kappa shape index (κ2) is 3.01. The minimum absolute atomic E-state index is 0.123. The maximum atomic E-state index is 11.1. The van der Waals surface area contributed by atoms with Crippen LogP contribution in [0.25, 0.3) is 0 Å². The highest BCUT2D eigenvalue weighted by Gasteiger charge is 2.53. The molecular formula is C7H10ClNO4. The van der Waals surface area contributed by atoms with Crippen molar-refractivity contribution in [3.05, 3.63) is 0 Å². The second-order valence-corrected chi connectivity index (χ2v) is 3.59. The van der Waals surface area contributed by atoms with E-state index in [1.54, 1.807) is 0 Å². The van der Waals surface area contributed by atoms with Gasteiger partial charge in [0, 0.05) is 0 Å². The molecule has 2 rings (SSSR count). The number of ether oxygens (including phenoxy) is 1. The zero-order valence-corrected chi connectivity index (χ0v) is 7.52. The van der Waals surface area contributed by atoms with Gasteiger partial charge in [-0.2, -0.15) is 0 Å². The second-order valence-electron chi connectivity index (χ2n) is 3.28. The van der Waals surface area contributed by atoms with Crippen LogP contribution in [0.5, 0.6) is 0 Å². The van der Waals surface area contributed by atoms with E-state index in [9.17, 15) is 15.0 Å². The molecule has 2 aliphatic rings. The zero-order valence-electron chi connectivity index (χ0n) is 6.76. The molecule has 2 saturated heterocycles. The first-order valence-corrected chi connectivity index (χ1v) is 4.58. The molecule has 4 unspecified atom stereocenters. The van der Waals surface area contributed by atoms with Gasteiger partial charge in [0.25, 0.3) is 0 Å². The summed E-state index contributed by atoms with van der Waals surface area (Å²) in [5, 5.41) is 18.8. The minimum atomic E-state index is -0.949. The monoisotopic (exact) mass is 207 g/mol. The number of hydrogen-bond donors (Lipinski definition) is 2. The Morgan fingerprint density at radius 3 is 2.92 bits per heavy atom. The summed E-state index contributed by atoms with van der Waals surface area (Å²) in [7, 11) is 0. The first-order chi connectivity index (χ1) is 6.15. The zero-order chi connectivity index (χ0) is 9.59. The lowest BCUT2D eigenvalue weighted by Gasteiger charge is -2.17. The molecule has 5 nitrogen and oxygen atoms in total. The lowest BCUT2D eigenvalue weighted by atomic mass is 10.1. The third kappa shape index (κ3) is 1.19. The fourth-order valence-corrected chi connectivity index (χ4v) is 2.10. The van der Waals surface area contributed by atoms with Gasteiger partial charge in [-0.3, -0.25) is 4.90 Å². The van der Waals surface area contributed by atoms with Crippen molar-refractivity contribution in [2.75, 3.05) is 12.4 Å². The first-order valence-electron chi connectivity index (χ1n) is 4.04. The Morgan fingerprint density at radius 2 is 2.31 bits per heavy atom. The van der Waals surface area contributed by atoms with Gasteiger partial charge in [0.1, 0.15) is 18.2 Å². The average molecular weight is 208 g/mol. The largest absolute Gasteiger partial charge is 0.442 e. The third-order valence-electron chi connectivity index (χ3n) is 2.51. The number of cyclic esters (lactones) is 1. The molecule has 2 N–H and O–H groups in total. The summed E-state index contributed by atoms with van der Waals surface area (Å²) in [4.78, 5) is 12.5. The van der Waals surface area contributed by atoms with Crippen LogP contribution in [0, 0.1) is 0 Å². The van der Waals surface area contributed by atoms with Crippen LogP contribution in [0.15, 0.2) is 0 Å². The van der Waals surface area contributed by atoms with Crippen molar-refractivity contribution in [3.8, 4) is 0 Å². The summed E-state index contributed by atoms with van der Waals surface area (Å²) >= 11 is 5.56. The van der Waals surface area contributed by atoms with E-state index >= 15 is 0 Å². The van der Waals surface area contributed by atoms with Gasteiger partial charge >= 0.3 is 6.09 Å². The third-order valence-corrected chi connectivity index (χ3v) is 2.81. The van der Waals surface area contributed by atoms with Crippen LogP contribution in [-0.2, 0) is 4.74 Å². The predicted octanol–water partition coefficient (Wildman–Crippen LogP) is -0.850. The standard InChI is InChI=1S/C7H10ClNO4/c8-1-4-5-6(11)3(10)2-9(5)7(12)13-4/h3-6,10-11H,1-2H2. The summed E-state index contributed by atoms with van der Waals surface area (Å²) < 4.78 is 4.88. The number of carbonyl (C=O) groups excluding carboxylic acids is 1. The van der Waals surface area contributed by atoms with E-state index in [1.807, 2.05) is 0 Å². The van der Waals surface area contributed by atoms with Gasteiger partial charge in [-0.1, -0.05) is 0 Å². The van der Waals surface area contributed by atoms with E-state index < -0.39 is 30.4 Å². The lowest BCUT2D eigenvalue weighted by molar-refractivity contribution is 0.0186. The van der Waals surface area contributed by atoms with Crippen molar-refractivity contribution in [2.24, 2.45) is 0 Å².